The number of nitrogens with one attached hydrogen (secondary N) is 2. The highest BCUT2D eigenvalue weighted by Gasteiger charge is 2.22. The van der Waals surface area contributed by atoms with Crippen LogP contribution in [0.25, 0.3) is 0 Å². The monoisotopic (exact) mass is 371 g/mol. The average Bonchev–Trinajstić information content (AvgIpc) is 2.65. The molecule has 1 amide bonds. The number of aryl methyl sites for hydroxylation is 1. The van der Waals surface area contributed by atoms with E-state index in [9.17, 15) is 4.79 Å². The molecule has 0 unspecified atom stereocenters. The number of rotatable bonds is 6. The summed E-state index contributed by atoms with van der Waals surface area (Å²) in [6.07, 6.45) is 4.07. The van der Waals surface area contributed by atoms with E-state index in [0.717, 1.165) is 37.8 Å². The lowest BCUT2D eigenvalue weighted by atomic mass is 9.91. The molecule has 0 bridgehead atoms. The van der Waals surface area contributed by atoms with E-state index in [4.69, 9.17) is 16.2 Å². The van der Waals surface area contributed by atoms with Gasteiger partial charge in [-0.3, -0.25) is 0 Å². The molecule has 0 radical (unpaired) electrons. The van der Waals surface area contributed by atoms with E-state index in [1.807, 2.05) is 25.1 Å². The third kappa shape index (κ3) is 5.04. The van der Waals surface area contributed by atoms with Gasteiger partial charge in [0.2, 0.25) is 0 Å². The fraction of sp³-hybridized carbons (Fsp3) is 0.444. The van der Waals surface area contributed by atoms with Crippen LogP contribution in [0.4, 0.5) is 22.1 Å². The van der Waals surface area contributed by atoms with Gasteiger partial charge in [0.1, 0.15) is 11.5 Å². The topological polar surface area (TPSA) is 141 Å². The number of carbonyl (C=O) groups is 1. The molecule has 0 aromatic carbocycles. The molecule has 1 aliphatic rings. The molecule has 1 aliphatic carbocycles. The lowest BCUT2D eigenvalue weighted by molar-refractivity contribution is 0.209. The summed E-state index contributed by atoms with van der Waals surface area (Å²) in [7, 11) is 0. The number of aromatic nitrogens is 3. The number of carbonyl (C=O) groups excluding carboxylic acids is 1. The van der Waals surface area contributed by atoms with Crippen LogP contribution in [0.5, 0.6) is 5.88 Å². The predicted octanol–water partition coefficient (Wildman–Crippen LogP) is 2.32. The number of anilines is 3. The van der Waals surface area contributed by atoms with Crippen LogP contribution in [-0.4, -0.2) is 33.4 Å². The fourth-order valence-electron chi connectivity index (χ4n) is 3.12. The third-order valence-electron chi connectivity index (χ3n) is 4.54. The van der Waals surface area contributed by atoms with Gasteiger partial charge in [-0.05, 0) is 31.4 Å². The van der Waals surface area contributed by atoms with Crippen molar-refractivity contribution in [3.8, 4) is 5.88 Å². The van der Waals surface area contributed by atoms with Crippen molar-refractivity contribution in [2.45, 2.75) is 51.1 Å². The summed E-state index contributed by atoms with van der Waals surface area (Å²) < 4.78 is 4.96. The van der Waals surface area contributed by atoms with E-state index in [1.54, 1.807) is 6.07 Å². The van der Waals surface area contributed by atoms with Crippen molar-refractivity contribution in [2.24, 2.45) is 11.5 Å². The number of nitrogens with two attached hydrogens (primary N) is 2. The molecule has 1 saturated carbocycles. The summed E-state index contributed by atoms with van der Waals surface area (Å²) in [6, 6.07) is 7.57. The average molecular weight is 371 g/mol. The number of primary amides is 1. The second kappa shape index (κ2) is 8.63. The number of nitrogens with zero attached hydrogens (tertiary/aromatic N) is 3. The van der Waals surface area contributed by atoms with Crippen LogP contribution < -0.4 is 26.8 Å². The Balaban J connectivity index is 1.84. The molecular formula is C18H25N7O2. The molecule has 2 aromatic heterocycles. The first-order chi connectivity index (χ1) is 13.0. The molecule has 0 aliphatic heterocycles. The van der Waals surface area contributed by atoms with Gasteiger partial charge in [-0.15, -0.1) is 10.2 Å². The van der Waals surface area contributed by atoms with E-state index in [-0.39, 0.29) is 18.0 Å². The van der Waals surface area contributed by atoms with E-state index >= 15 is 0 Å². The summed E-state index contributed by atoms with van der Waals surface area (Å²) >= 11 is 0. The third-order valence-corrected chi connectivity index (χ3v) is 4.54. The van der Waals surface area contributed by atoms with Crippen molar-refractivity contribution in [1.29, 1.82) is 0 Å². The number of pyridine rings is 1. The van der Waals surface area contributed by atoms with Crippen molar-refractivity contribution in [3.63, 3.8) is 0 Å². The standard InChI is InChI=1S/C18H25N7O2/c1-2-11-6-5-9-15(21-11)23-14-10-16(24-25-17(14)27-18(20)26)22-13-8-4-3-7-12(13)19/h5-6,9-10,12-13H,2-4,7-8,19H2,1H3,(H2,20,26)(H2,21,22,23,24)/t12-,13+/m1/s1. The van der Waals surface area contributed by atoms with Crippen molar-refractivity contribution in [1.82, 2.24) is 15.2 Å². The van der Waals surface area contributed by atoms with Crippen molar-refractivity contribution >= 4 is 23.4 Å². The molecule has 2 heterocycles. The highest BCUT2D eigenvalue weighted by Crippen LogP contribution is 2.28. The highest BCUT2D eigenvalue weighted by atomic mass is 16.6. The van der Waals surface area contributed by atoms with Crippen LogP contribution in [-0.2, 0) is 6.42 Å². The Morgan fingerprint density at radius 2 is 2.07 bits per heavy atom. The van der Waals surface area contributed by atoms with Crippen LogP contribution in [0.1, 0.15) is 38.3 Å². The normalized spacial score (nSPS) is 19.3. The Morgan fingerprint density at radius 1 is 1.26 bits per heavy atom. The number of hydrogen-bond donors (Lipinski definition) is 4. The molecule has 2 aromatic rings. The number of ether oxygens (including phenoxy) is 1. The Labute approximate surface area is 157 Å². The second-order valence-corrected chi connectivity index (χ2v) is 6.56. The van der Waals surface area contributed by atoms with Gasteiger partial charge in [0.25, 0.3) is 5.88 Å². The van der Waals surface area contributed by atoms with Crippen molar-refractivity contribution < 1.29 is 9.53 Å². The van der Waals surface area contributed by atoms with Crippen LogP contribution >= 0.6 is 0 Å². The maximum atomic E-state index is 11.2. The summed E-state index contributed by atoms with van der Waals surface area (Å²) in [5, 5.41) is 14.5. The fourth-order valence-corrected chi connectivity index (χ4v) is 3.12. The predicted molar refractivity (Wildman–Crippen MR) is 103 cm³/mol. The molecule has 0 spiro atoms. The van der Waals surface area contributed by atoms with Crippen LogP contribution in [0, 0.1) is 0 Å². The summed E-state index contributed by atoms with van der Waals surface area (Å²) in [5.74, 6) is 1.14. The van der Waals surface area contributed by atoms with Gasteiger partial charge in [-0.1, -0.05) is 25.8 Å². The quantitative estimate of drug-likeness (QED) is 0.606. The Kier molecular flexibility index (Phi) is 6.02. The van der Waals surface area contributed by atoms with Crippen LogP contribution in [0.15, 0.2) is 24.3 Å². The number of amides is 1. The van der Waals surface area contributed by atoms with E-state index in [0.29, 0.717) is 17.3 Å². The smallest absolute Gasteiger partial charge is 0.387 e. The lowest BCUT2D eigenvalue weighted by Crippen LogP contribution is -2.42. The molecule has 0 saturated heterocycles. The van der Waals surface area contributed by atoms with Gasteiger partial charge in [-0.2, -0.15) is 0 Å². The zero-order valence-corrected chi connectivity index (χ0v) is 15.3. The van der Waals surface area contributed by atoms with Gasteiger partial charge in [0.15, 0.2) is 5.82 Å². The minimum Gasteiger partial charge on any atom is -0.387 e. The van der Waals surface area contributed by atoms with E-state index < -0.39 is 6.09 Å². The minimum absolute atomic E-state index is 0.00954. The Bertz CT molecular complexity index is 799. The maximum Gasteiger partial charge on any atom is 0.411 e. The SMILES string of the molecule is CCc1cccc(Nc2cc(N[C@H]3CCCC[C@H]3N)nnc2OC(N)=O)n1. The van der Waals surface area contributed by atoms with Gasteiger partial charge >= 0.3 is 6.09 Å². The largest absolute Gasteiger partial charge is 0.411 e. The molecular weight excluding hydrogens is 346 g/mol. The zero-order valence-electron chi connectivity index (χ0n) is 15.3. The summed E-state index contributed by atoms with van der Waals surface area (Å²) in [4.78, 5) is 15.7. The zero-order chi connectivity index (χ0) is 19.2. The van der Waals surface area contributed by atoms with Crippen molar-refractivity contribution in [2.75, 3.05) is 10.6 Å². The van der Waals surface area contributed by atoms with E-state index in [2.05, 4.69) is 25.8 Å². The summed E-state index contributed by atoms with van der Waals surface area (Å²) in [6.45, 7) is 2.02. The highest BCUT2D eigenvalue weighted by molar-refractivity contribution is 5.73. The minimum atomic E-state index is -0.961. The van der Waals surface area contributed by atoms with Gasteiger partial charge in [-0.25, -0.2) is 9.78 Å². The molecule has 27 heavy (non-hydrogen) atoms. The number of hydrogen-bond acceptors (Lipinski definition) is 8. The molecule has 9 heteroatoms. The van der Waals surface area contributed by atoms with Gasteiger partial charge < -0.3 is 26.8 Å². The Hall–Kier alpha value is -2.94. The molecule has 144 valence electrons. The maximum absolute atomic E-state index is 11.2. The lowest BCUT2D eigenvalue weighted by Gasteiger charge is -2.29. The van der Waals surface area contributed by atoms with Crippen molar-refractivity contribution in [3.05, 3.63) is 30.0 Å². The first kappa shape index (κ1) is 18.8. The molecule has 3 rings (SSSR count). The van der Waals surface area contributed by atoms with Crippen LogP contribution in [0.3, 0.4) is 0 Å². The molecule has 1 fully saturated rings. The second-order valence-electron chi connectivity index (χ2n) is 6.56. The molecule has 9 nitrogen and oxygen atoms in total. The summed E-state index contributed by atoms with van der Waals surface area (Å²) in [5.41, 5.74) is 12.7. The first-order valence-electron chi connectivity index (χ1n) is 9.15. The van der Waals surface area contributed by atoms with Crippen LogP contribution in [0.2, 0.25) is 0 Å². The van der Waals surface area contributed by atoms with Gasteiger partial charge in [0.05, 0.1) is 0 Å². The first-order valence-corrected chi connectivity index (χ1v) is 9.15. The van der Waals surface area contributed by atoms with E-state index in [1.165, 1.54) is 0 Å². The Morgan fingerprint density at radius 3 is 2.81 bits per heavy atom. The van der Waals surface area contributed by atoms with Gasteiger partial charge in [0, 0.05) is 23.8 Å². The molecule has 2 atom stereocenters. The molecule has 6 N–H and O–H groups in total.